The lowest BCUT2D eigenvalue weighted by Gasteiger charge is -2.09. The van der Waals surface area contributed by atoms with Gasteiger partial charge in [-0.05, 0) is 12.1 Å². The van der Waals surface area contributed by atoms with Gasteiger partial charge in [-0.1, -0.05) is 18.2 Å². The topological polar surface area (TPSA) is 58.2 Å². The molecule has 0 atom stereocenters. The molecule has 2 N–H and O–H groups in total. The predicted octanol–water partition coefficient (Wildman–Crippen LogP) is 1.09. The van der Waals surface area contributed by atoms with Gasteiger partial charge in [0.2, 0.25) is 5.91 Å². The third-order valence-electron chi connectivity index (χ3n) is 1.93. The summed E-state index contributed by atoms with van der Waals surface area (Å²) in [5, 5.41) is 3.87. The van der Waals surface area contributed by atoms with Crippen molar-refractivity contribution < 1.29 is 22.8 Å². The standard InChI is InChI=1S/C11H11F3N2O2/c12-11(13,14)7-16-9(17)6-15-10(18)8-4-2-1-3-5-8/h1-5H,6-7H2,(H,15,18)(H,16,17). The Kier molecular flexibility index (Phi) is 4.70. The summed E-state index contributed by atoms with van der Waals surface area (Å²) in [6, 6.07) is 8.05. The summed E-state index contributed by atoms with van der Waals surface area (Å²) in [4.78, 5) is 22.4. The summed E-state index contributed by atoms with van der Waals surface area (Å²) in [6.45, 7) is -1.91. The molecule has 0 aliphatic carbocycles. The van der Waals surface area contributed by atoms with Gasteiger partial charge in [-0.2, -0.15) is 13.2 Å². The Hall–Kier alpha value is -2.05. The van der Waals surface area contributed by atoms with Crippen LogP contribution in [0.15, 0.2) is 30.3 Å². The number of amides is 2. The SMILES string of the molecule is O=C(CNC(=O)c1ccccc1)NCC(F)(F)F. The predicted molar refractivity (Wildman–Crippen MR) is 57.8 cm³/mol. The van der Waals surface area contributed by atoms with Gasteiger partial charge in [-0.15, -0.1) is 0 Å². The van der Waals surface area contributed by atoms with Gasteiger partial charge in [0.1, 0.15) is 6.54 Å². The first-order valence-electron chi connectivity index (χ1n) is 5.05. The minimum atomic E-state index is -4.46. The van der Waals surface area contributed by atoms with Crippen molar-refractivity contribution in [2.45, 2.75) is 6.18 Å². The molecule has 0 aliphatic rings. The van der Waals surface area contributed by atoms with Crippen LogP contribution in [0.5, 0.6) is 0 Å². The zero-order valence-electron chi connectivity index (χ0n) is 9.25. The Labute approximate surface area is 101 Å². The minimum absolute atomic E-state index is 0.334. The Balaban J connectivity index is 2.33. The largest absolute Gasteiger partial charge is 0.405 e. The van der Waals surface area contributed by atoms with Crippen molar-refractivity contribution in [3.63, 3.8) is 0 Å². The second kappa shape index (κ2) is 6.04. The van der Waals surface area contributed by atoms with Crippen LogP contribution >= 0.6 is 0 Å². The zero-order chi connectivity index (χ0) is 13.6. The highest BCUT2D eigenvalue weighted by atomic mass is 19.4. The van der Waals surface area contributed by atoms with Crippen LogP contribution < -0.4 is 10.6 Å². The van der Waals surface area contributed by atoms with Crippen molar-refractivity contribution in [3.05, 3.63) is 35.9 Å². The summed E-state index contributed by atoms with van der Waals surface area (Å²) in [7, 11) is 0. The molecule has 1 rings (SSSR count). The third-order valence-corrected chi connectivity index (χ3v) is 1.93. The van der Waals surface area contributed by atoms with Crippen LogP contribution in [0.4, 0.5) is 13.2 Å². The monoisotopic (exact) mass is 260 g/mol. The maximum absolute atomic E-state index is 11.8. The zero-order valence-corrected chi connectivity index (χ0v) is 9.25. The van der Waals surface area contributed by atoms with Crippen LogP contribution in [-0.2, 0) is 4.79 Å². The summed E-state index contributed by atoms with van der Waals surface area (Å²) in [6.07, 6.45) is -4.46. The van der Waals surface area contributed by atoms with Gasteiger partial charge >= 0.3 is 6.18 Å². The molecule has 0 unspecified atom stereocenters. The molecule has 0 radical (unpaired) electrons. The highest BCUT2D eigenvalue weighted by molar-refractivity contribution is 5.96. The summed E-state index contributed by atoms with van der Waals surface area (Å²) >= 11 is 0. The van der Waals surface area contributed by atoms with E-state index >= 15 is 0 Å². The van der Waals surface area contributed by atoms with Gasteiger partial charge in [0.15, 0.2) is 0 Å². The molecule has 0 spiro atoms. The molecule has 1 aromatic rings. The molecular formula is C11H11F3N2O2. The normalized spacial score (nSPS) is 10.8. The van der Waals surface area contributed by atoms with Crippen LogP contribution in [0.3, 0.4) is 0 Å². The van der Waals surface area contributed by atoms with Crippen molar-refractivity contribution >= 4 is 11.8 Å². The molecule has 0 bridgehead atoms. The molecule has 4 nitrogen and oxygen atoms in total. The lowest BCUT2D eigenvalue weighted by molar-refractivity contribution is -0.137. The molecule has 0 aromatic heterocycles. The average Bonchev–Trinajstić information content (AvgIpc) is 2.33. The number of carbonyl (C=O) groups excluding carboxylic acids is 2. The maximum Gasteiger partial charge on any atom is 0.405 e. The number of carbonyl (C=O) groups is 2. The van der Waals surface area contributed by atoms with Crippen molar-refractivity contribution in [2.75, 3.05) is 13.1 Å². The summed E-state index contributed by atoms with van der Waals surface area (Å²) in [5.74, 6) is -1.41. The lowest BCUT2D eigenvalue weighted by Crippen LogP contribution is -2.40. The Bertz CT molecular complexity index is 418. The van der Waals surface area contributed by atoms with E-state index in [1.54, 1.807) is 23.5 Å². The number of hydrogen-bond acceptors (Lipinski definition) is 2. The van der Waals surface area contributed by atoms with Gasteiger partial charge in [-0.3, -0.25) is 9.59 Å². The Morgan fingerprint density at radius 2 is 1.67 bits per heavy atom. The molecule has 0 heterocycles. The minimum Gasteiger partial charge on any atom is -0.345 e. The maximum atomic E-state index is 11.8. The van der Waals surface area contributed by atoms with Gasteiger partial charge in [0.05, 0.1) is 6.54 Å². The number of nitrogens with one attached hydrogen (secondary N) is 2. The smallest absolute Gasteiger partial charge is 0.345 e. The number of hydrogen-bond donors (Lipinski definition) is 2. The second-order valence-electron chi connectivity index (χ2n) is 3.44. The second-order valence-corrected chi connectivity index (χ2v) is 3.44. The average molecular weight is 260 g/mol. The first kappa shape index (κ1) is 14.0. The van der Waals surface area contributed by atoms with Crippen molar-refractivity contribution in [2.24, 2.45) is 0 Å². The van der Waals surface area contributed by atoms with Crippen LogP contribution in [-0.4, -0.2) is 31.1 Å². The van der Waals surface area contributed by atoms with Crippen LogP contribution in [0.1, 0.15) is 10.4 Å². The third kappa shape index (κ3) is 5.33. The summed E-state index contributed by atoms with van der Waals surface area (Å²) in [5.41, 5.74) is 0.334. The molecule has 7 heteroatoms. The Morgan fingerprint density at radius 1 is 1.06 bits per heavy atom. The van der Waals surface area contributed by atoms with E-state index in [4.69, 9.17) is 0 Å². The van der Waals surface area contributed by atoms with E-state index in [0.29, 0.717) is 5.56 Å². The van der Waals surface area contributed by atoms with Crippen LogP contribution in [0.25, 0.3) is 0 Å². The van der Waals surface area contributed by atoms with E-state index in [1.807, 2.05) is 0 Å². The summed E-state index contributed by atoms with van der Waals surface area (Å²) < 4.78 is 35.3. The molecule has 98 valence electrons. The highest BCUT2D eigenvalue weighted by Crippen LogP contribution is 2.11. The first-order valence-corrected chi connectivity index (χ1v) is 5.05. The number of benzene rings is 1. The van der Waals surface area contributed by atoms with Gasteiger partial charge in [0, 0.05) is 5.56 Å². The molecule has 1 aromatic carbocycles. The van der Waals surface area contributed by atoms with Gasteiger partial charge in [0.25, 0.3) is 5.91 Å². The lowest BCUT2D eigenvalue weighted by atomic mass is 10.2. The molecule has 0 saturated carbocycles. The number of halogens is 3. The molecule has 0 aliphatic heterocycles. The van der Waals surface area contributed by atoms with Crippen molar-refractivity contribution in [1.82, 2.24) is 10.6 Å². The quantitative estimate of drug-likeness (QED) is 0.851. The highest BCUT2D eigenvalue weighted by Gasteiger charge is 2.27. The van der Waals surface area contributed by atoms with E-state index in [2.05, 4.69) is 5.32 Å². The van der Waals surface area contributed by atoms with E-state index < -0.39 is 31.1 Å². The Morgan fingerprint density at radius 3 is 2.22 bits per heavy atom. The van der Waals surface area contributed by atoms with Gasteiger partial charge < -0.3 is 10.6 Å². The fourth-order valence-corrected chi connectivity index (χ4v) is 1.11. The number of alkyl halides is 3. The van der Waals surface area contributed by atoms with Crippen LogP contribution in [0, 0.1) is 0 Å². The first-order chi connectivity index (χ1) is 8.38. The van der Waals surface area contributed by atoms with E-state index in [9.17, 15) is 22.8 Å². The number of rotatable bonds is 4. The van der Waals surface area contributed by atoms with Crippen molar-refractivity contribution in [1.29, 1.82) is 0 Å². The fourth-order valence-electron chi connectivity index (χ4n) is 1.11. The molecular weight excluding hydrogens is 249 g/mol. The van der Waals surface area contributed by atoms with E-state index in [-0.39, 0.29) is 0 Å². The van der Waals surface area contributed by atoms with E-state index in [0.717, 1.165) is 0 Å². The molecule has 0 saturated heterocycles. The van der Waals surface area contributed by atoms with Gasteiger partial charge in [-0.25, -0.2) is 0 Å². The molecule has 0 fully saturated rings. The molecule has 18 heavy (non-hydrogen) atoms. The molecule has 2 amide bonds. The van der Waals surface area contributed by atoms with Crippen LogP contribution in [0.2, 0.25) is 0 Å². The fraction of sp³-hybridized carbons (Fsp3) is 0.273. The van der Waals surface area contributed by atoms with E-state index in [1.165, 1.54) is 12.1 Å². The van der Waals surface area contributed by atoms with Crippen molar-refractivity contribution in [3.8, 4) is 0 Å².